The SMILES string of the molecule is COc1ccc(Cl)cc1NC(=O)c1nnc(-c2ccccc2)o1. The molecule has 0 bridgehead atoms. The molecule has 1 amide bonds. The molecule has 3 rings (SSSR count). The molecule has 0 fully saturated rings. The number of methoxy groups -OCH3 is 1. The van der Waals surface area contributed by atoms with E-state index in [9.17, 15) is 4.79 Å². The number of aromatic nitrogens is 2. The second-order valence-corrected chi connectivity index (χ2v) is 5.01. The third kappa shape index (κ3) is 3.32. The fourth-order valence-electron chi connectivity index (χ4n) is 1.97. The summed E-state index contributed by atoms with van der Waals surface area (Å²) in [5, 5.41) is 10.7. The molecule has 0 aliphatic carbocycles. The number of benzene rings is 2. The highest BCUT2D eigenvalue weighted by molar-refractivity contribution is 6.31. The first-order valence-electron chi connectivity index (χ1n) is 6.71. The van der Waals surface area contributed by atoms with Crippen molar-refractivity contribution >= 4 is 23.2 Å². The second kappa shape index (κ2) is 6.50. The average molecular weight is 330 g/mol. The Kier molecular flexibility index (Phi) is 4.25. The molecule has 0 aliphatic rings. The van der Waals surface area contributed by atoms with E-state index in [0.29, 0.717) is 16.5 Å². The molecule has 1 N–H and O–H groups in total. The van der Waals surface area contributed by atoms with Gasteiger partial charge >= 0.3 is 11.8 Å². The number of hydrogen-bond acceptors (Lipinski definition) is 5. The number of carbonyl (C=O) groups excluding carboxylic acids is 1. The highest BCUT2D eigenvalue weighted by atomic mass is 35.5. The first-order chi connectivity index (χ1) is 11.2. The Morgan fingerprint density at radius 3 is 2.70 bits per heavy atom. The summed E-state index contributed by atoms with van der Waals surface area (Å²) in [6, 6.07) is 14.1. The quantitative estimate of drug-likeness (QED) is 0.790. The fourth-order valence-corrected chi connectivity index (χ4v) is 2.14. The van der Waals surface area contributed by atoms with Gasteiger partial charge in [0.25, 0.3) is 0 Å². The molecule has 1 aromatic heterocycles. The molecule has 1 heterocycles. The van der Waals surface area contributed by atoms with Crippen molar-refractivity contribution in [2.45, 2.75) is 0 Å². The van der Waals surface area contributed by atoms with Crippen molar-refractivity contribution in [1.29, 1.82) is 0 Å². The lowest BCUT2D eigenvalue weighted by molar-refractivity contribution is 0.0990. The Hall–Kier alpha value is -2.86. The van der Waals surface area contributed by atoms with E-state index in [2.05, 4.69) is 15.5 Å². The van der Waals surface area contributed by atoms with E-state index in [4.69, 9.17) is 20.8 Å². The van der Waals surface area contributed by atoms with E-state index < -0.39 is 5.91 Å². The van der Waals surface area contributed by atoms with Crippen molar-refractivity contribution in [1.82, 2.24) is 10.2 Å². The Bertz CT molecular complexity index is 834. The second-order valence-electron chi connectivity index (χ2n) is 4.58. The summed E-state index contributed by atoms with van der Waals surface area (Å²) in [4.78, 5) is 12.2. The van der Waals surface area contributed by atoms with Crippen LogP contribution in [0.25, 0.3) is 11.5 Å². The van der Waals surface area contributed by atoms with Gasteiger partial charge in [-0.15, -0.1) is 10.2 Å². The van der Waals surface area contributed by atoms with Gasteiger partial charge in [-0.25, -0.2) is 0 Å². The molecular weight excluding hydrogens is 318 g/mol. The minimum absolute atomic E-state index is 0.147. The molecule has 116 valence electrons. The van der Waals surface area contributed by atoms with Crippen LogP contribution in [-0.2, 0) is 0 Å². The van der Waals surface area contributed by atoms with Gasteiger partial charge < -0.3 is 14.5 Å². The fraction of sp³-hybridized carbons (Fsp3) is 0.0625. The number of nitrogens with one attached hydrogen (secondary N) is 1. The van der Waals surface area contributed by atoms with Gasteiger partial charge in [0.15, 0.2) is 0 Å². The lowest BCUT2D eigenvalue weighted by atomic mass is 10.2. The standard InChI is InChI=1S/C16H12ClN3O3/c1-22-13-8-7-11(17)9-12(13)18-14(21)16-20-19-15(23-16)10-5-3-2-4-6-10/h2-9H,1H3,(H,18,21). The van der Waals surface area contributed by atoms with Crippen LogP contribution in [0.15, 0.2) is 52.9 Å². The molecular formula is C16H12ClN3O3. The molecule has 0 saturated heterocycles. The van der Waals surface area contributed by atoms with Crippen molar-refractivity contribution in [3.05, 3.63) is 59.4 Å². The van der Waals surface area contributed by atoms with E-state index in [0.717, 1.165) is 5.56 Å². The molecule has 3 aromatic rings. The molecule has 2 aromatic carbocycles. The molecule has 6 nitrogen and oxygen atoms in total. The summed E-state index contributed by atoms with van der Waals surface area (Å²) in [7, 11) is 1.50. The predicted molar refractivity (Wildman–Crippen MR) is 85.7 cm³/mol. The van der Waals surface area contributed by atoms with Gasteiger partial charge in [0.05, 0.1) is 12.8 Å². The number of nitrogens with zero attached hydrogens (tertiary/aromatic N) is 2. The van der Waals surface area contributed by atoms with Gasteiger partial charge in [-0.3, -0.25) is 4.79 Å². The number of ether oxygens (including phenoxy) is 1. The molecule has 0 spiro atoms. The summed E-state index contributed by atoms with van der Waals surface area (Å²) in [5.74, 6) is 0.0606. The van der Waals surface area contributed by atoms with Gasteiger partial charge in [0, 0.05) is 10.6 Å². The smallest absolute Gasteiger partial charge is 0.313 e. The zero-order valence-corrected chi connectivity index (χ0v) is 12.9. The minimum atomic E-state index is -0.541. The molecule has 7 heteroatoms. The van der Waals surface area contributed by atoms with Crippen LogP contribution in [0.4, 0.5) is 5.69 Å². The highest BCUT2D eigenvalue weighted by Crippen LogP contribution is 2.28. The molecule has 0 unspecified atom stereocenters. The molecule has 0 saturated carbocycles. The summed E-state index contributed by atoms with van der Waals surface area (Å²) in [6.07, 6.45) is 0. The molecule has 0 aliphatic heterocycles. The van der Waals surface area contributed by atoms with E-state index >= 15 is 0 Å². The molecule has 23 heavy (non-hydrogen) atoms. The van der Waals surface area contributed by atoms with Gasteiger partial charge in [-0.2, -0.15) is 0 Å². The van der Waals surface area contributed by atoms with Crippen LogP contribution in [0.2, 0.25) is 5.02 Å². The highest BCUT2D eigenvalue weighted by Gasteiger charge is 2.17. The Morgan fingerprint density at radius 2 is 1.96 bits per heavy atom. The summed E-state index contributed by atoms with van der Waals surface area (Å²) < 4.78 is 10.6. The van der Waals surface area contributed by atoms with Gasteiger partial charge in [0.1, 0.15) is 5.75 Å². The van der Waals surface area contributed by atoms with Crippen LogP contribution in [0.1, 0.15) is 10.7 Å². The van der Waals surface area contributed by atoms with Crippen molar-refractivity contribution in [2.75, 3.05) is 12.4 Å². The van der Waals surface area contributed by atoms with Crippen LogP contribution in [0, 0.1) is 0 Å². The first kappa shape index (κ1) is 15.1. The number of amides is 1. The zero-order chi connectivity index (χ0) is 16.2. The molecule has 0 radical (unpaired) electrons. The number of anilines is 1. The minimum Gasteiger partial charge on any atom is -0.495 e. The molecule has 0 atom stereocenters. The summed E-state index contributed by atoms with van der Waals surface area (Å²) in [6.45, 7) is 0. The number of rotatable bonds is 4. The third-order valence-electron chi connectivity index (χ3n) is 3.05. The monoisotopic (exact) mass is 329 g/mol. The lowest BCUT2D eigenvalue weighted by Crippen LogP contribution is -2.13. The van der Waals surface area contributed by atoms with Gasteiger partial charge in [-0.05, 0) is 30.3 Å². The van der Waals surface area contributed by atoms with E-state index in [1.54, 1.807) is 18.2 Å². The van der Waals surface area contributed by atoms with Crippen LogP contribution >= 0.6 is 11.6 Å². The lowest BCUT2D eigenvalue weighted by Gasteiger charge is -2.08. The van der Waals surface area contributed by atoms with Crippen molar-refractivity contribution in [3.8, 4) is 17.2 Å². The topological polar surface area (TPSA) is 77.2 Å². The normalized spacial score (nSPS) is 10.3. The average Bonchev–Trinajstić information content (AvgIpc) is 3.06. The number of halogens is 1. The van der Waals surface area contributed by atoms with E-state index in [1.165, 1.54) is 7.11 Å². The number of hydrogen-bond donors (Lipinski definition) is 1. The van der Waals surface area contributed by atoms with Gasteiger partial charge in [-0.1, -0.05) is 29.8 Å². The van der Waals surface area contributed by atoms with Gasteiger partial charge in [0.2, 0.25) is 5.89 Å². The Balaban J connectivity index is 1.82. The van der Waals surface area contributed by atoms with E-state index in [1.807, 2.05) is 30.3 Å². The van der Waals surface area contributed by atoms with E-state index in [-0.39, 0.29) is 11.8 Å². The third-order valence-corrected chi connectivity index (χ3v) is 3.28. The van der Waals surface area contributed by atoms with Crippen LogP contribution < -0.4 is 10.1 Å². The largest absolute Gasteiger partial charge is 0.495 e. The maximum atomic E-state index is 12.2. The zero-order valence-electron chi connectivity index (χ0n) is 12.1. The van der Waals surface area contributed by atoms with Crippen LogP contribution in [0.5, 0.6) is 5.75 Å². The van der Waals surface area contributed by atoms with Crippen LogP contribution in [0.3, 0.4) is 0 Å². The van der Waals surface area contributed by atoms with Crippen molar-refractivity contribution in [2.24, 2.45) is 0 Å². The van der Waals surface area contributed by atoms with Crippen molar-refractivity contribution in [3.63, 3.8) is 0 Å². The summed E-state index contributed by atoms with van der Waals surface area (Å²) >= 11 is 5.93. The van der Waals surface area contributed by atoms with Crippen LogP contribution in [-0.4, -0.2) is 23.2 Å². The first-order valence-corrected chi connectivity index (χ1v) is 7.09. The number of carbonyl (C=O) groups is 1. The predicted octanol–water partition coefficient (Wildman–Crippen LogP) is 3.65. The maximum absolute atomic E-state index is 12.2. The Morgan fingerprint density at radius 1 is 1.17 bits per heavy atom. The maximum Gasteiger partial charge on any atom is 0.313 e. The summed E-state index contributed by atoms with van der Waals surface area (Å²) in [5.41, 5.74) is 1.16. The Labute approximate surface area is 137 Å². The van der Waals surface area contributed by atoms with Crippen molar-refractivity contribution < 1.29 is 13.9 Å².